The van der Waals surface area contributed by atoms with E-state index < -0.39 is 30.8 Å². The number of aromatic nitrogens is 5. The van der Waals surface area contributed by atoms with Crippen LogP contribution in [-0.4, -0.2) is 77.2 Å². The van der Waals surface area contributed by atoms with E-state index in [1.165, 1.54) is 24.7 Å². The highest BCUT2D eigenvalue weighted by Gasteiger charge is 2.35. The minimum Gasteiger partial charge on any atom is -0.516 e. The third-order valence-corrected chi connectivity index (χ3v) is 5.58. The first-order valence-corrected chi connectivity index (χ1v) is 11.2. The molecule has 1 saturated heterocycles. The number of hydrogen-bond acceptors (Lipinski definition) is 10. The molecule has 1 fully saturated rings. The fourth-order valence-electron chi connectivity index (χ4n) is 3.72. The van der Waals surface area contributed by atoms with Gasteiger partial charge in [0.05, 0.1) is 36.5 Å². The summed E-state index contributed by atoms with van der Waals surface area (Å²) in [4.78, 5) is 25.5. The van der Waals surface area contributed by atoms with Crippen molar-refractivity contribution in [3.63, 3.8) is 0 Å². The molecule has 0 spiro atoms. The van der Waals surface area contributed by atoms with E-state index in [1.807, 2.05) is 6.07 Å². The number of hydrogen-bond donors (Lipinski definition) is 3. The van der Waals surface area contributed by atoms with Crippen LogP contribution in [0, 0.1) is 11.3 Å². The number of likely N-dealkylation sites (tertiary alicyclic amines) is 1. The molecule has 15 heteroatoms. The van der Waals surface area contributed by atoms with Gasteiger partial charge in [0.2, 0.25) is 5.95 Å². The summed E-state index contributed by atoms with van der Waals surface area (Å²) >= 11 is 0. The summed E-state index contributed by atoms with van der Waals surface area (Å²) in [6.07, 6.45) is 0.894. The van der Waals surface area contributed by atoms with Gasteiger partial charge in [-0.15, -0.1) is 0 Å². The van der Waals surface area contributed by atoms with E-state index in [9.17, 15) is 28.3 Å². The maximum absolute atomic E-state index is 14.8. The van der Waals surface area contributed by atoms with Gasteiger partial charge in [0, 0.05) is 18.5 Å². The second-order valence-corrected chi connectivity index (χ2v) is 8.10. The van der Waals surface area contributed by atoms with Crippen molar-refractivity contribution in [1.29, 1.82) is 5.26 Å². The van der Waals surface area contributed by atoms with Crippen molar-refractivity contribution < 1.29 is 32.9 Å². The molecule has 38 heavy (non-hydrogen) atoms. The number of halogens is 3. The molecule has 1 amide bonds. The first-order chi connectivity index (χ1) is 18.3. The molecular formula is C23H21F3N8O4. The molecule has 12 nitrogen and oxygen atoms in total. The normalized spacial score (nSPS) is 18.4. The Morgan fingerprint density at radius 1 is 1.34 bits per heavy atom. The Kier molecular flexibility index (Phi) is 8.02. The predicted octanol–water partition coefficient (Wildman–Crippen LogP) is 2.50. The number of alkyl halides is 3. The zero-order chi connectivity index (χ0) is 27.2. The van der Waals surface area contributed by atoms with Crippen LogP contribution < -0.4 is 10.1 Å². The van der Waals surface area contributed by atoms with Gasteiger partial charge in [-0.05, 0) is 24.3 Å². The van der Waals surface area contributed by atoms with Crippen molar-refractivity contribution in [1.82, 2.24) is 29.6 Å². The van der Waals surface area contributed by atoms with Crippen LogP contribution in [0.2, 0.25) is 0 Å². The molecule has 1 aromatic carbocycles. The van der Waals surface area contributed by atoms with Crippen molar-refractivity contribution in [2.24, 2.45) is 0 Å². The lowest BCUT2D eigenvalue weighted by molar-refractivity contribution is -0.141. The van der Waals surface area contributed by atoms with E-state index >= 15 is 0 Å². The summed E-state index contributed by atoms with van der Waals surface area (Å²) < 4.78 is 46.5. The average molecular weight is 530 g/mol. The molecule has 3 atom stereocenters. The van der Waals surface area contributed by atoms with Gasteiger partial charge in [-0.3, -0.25) is 4.79 Å². The summed E-state index contributed by atoms with van der Waals surface area (Å²) in [7, 11) is 0. The molecule has 1 aliphatic rings. The van der Waals surface area contributed by atoms with Crippen molar-refractivity contribution in [3.05, 3.63) is 54.8 Å². The first-order valence-electron chi connectivity index (χ1n) is 11.2. The third-order valence-electron chi connectivity index (χ3n) is 5.58. The van der Waals surface area contributed by atoms with Gasteiger partial charge in [0.25, 0.3) is 5.91 Å². The molecule has 0 aliphatic carbocycles. The summed E-state index contributed by atoms with van der Waals surface area (Å²) in [5, 5.41) is 34.3. The second-order valence-electron chi connectivity index (χ2n) is 8.10. The van der Waals surface area contributed by atoms with E-state index in [0.717, 1.165) is 17.2 Å². The van der Waals surface area contributed by atoms with Crippen LogP contribution in [0.1, 0.15) is 18.5 Å². The molecule has 0 bridgehead atoms. The molecule has 4 rings (SSSR count). The lowest BCUT2D eigenvalue weighted by Gasteiger charge is -2.35. The van der Waals surface area contributed by atoms with E-state index in [1.54, 1.807) is 6.07 Å². The summed E-state index contributed by atoms with van der Waals surface area (Å²) in [5.74, 6) is -0.382. The van der Waals surface area contributed by atoms with Gasteiger partial charge < -0.3 is 25.2 Å². The molecule has 1 aliphatic heterocycles. The number of carbonyl (C=O) groups excluding carboxylic acids is 1. The van der Waals surface area contributed by atoms with Gasteiger partial charge in [-0.2, -0.15) is 24.1 Å². The Hall–Kier alpha value is -4.71. The van der Waals surface area contributed by atoms with Crippen LogP contribution in [0.4, 0.5) is 24.8 Å². The number of benzene rings is 1. The highest BCUT2D eigenvalue weighted by molar-refractivity contribution is 5.82. The maximum Gasteiger partial charge on any atom is 0.333 e. The van der Waals surface area contributed by atoms with E-state index in [0.29, 0.717) is 16.5 Å². The topological polar surface area (TPSA) is 162 Å². The first kappa shape index (κ1) is 26.4. The number of anilines is 2. The number of aliphatic hydroxyl groups is 2. The molecule has 198 valence electrons. The number of carbonyl (C=O) groups is 1. The number of ether oxygens (including phenoxy) is 1. The van der Waals surface area contributed by atoms with E-state index in [-0.39, 0.29) is 48.3 Å². The zero-order valence-electron chi connectivity index (χ0n) is 19.5. The Balaban J connectivity index is 1.45. The maximum atomic E-state index is 14.8. The van der Waals surface area contributed by atoms with Crippen LogP contribution in [0.25, 0.3) is 11.4 Å². The van der Waals surface area contributed by atoms with Crippen LogP contribution in [0.3, 0.4) is 0 Å². The molecule has 2 aromatic heterocycles. The molecule has 3 aromatic rings. The molecule has 0 radical (unpaired) electrons. The Morgan fingerprint density at radius 3 is 2.84 bits per heavy atom. The minimum atomic E-state index is -2.80. The predicted molar refractivity (Wildman–Crippen MR) is 125 cm³/mol. The third kappa shape index (κ3) is 5.98. The SMILES string of the molecule is N#Cc1cc(-c2ncnc(Nc3cnn(C(F)F)c3)n2)ccc1O[C@H]1CCN(C(=O)C(O)/C=C/O)C[C@H]1F. The molecular weight excluding hydrogens is 509 g/mol. The van der Waals surface area contributed by atoms with Gasteiger partial charge >= 0.3 is 6.55 Å². The largest absolute Gasteiger partial charge is 0.516 e. The number of rotatable bonds is 8. The van der Waals surface area contributed by atoms with E-state index in [4.69, 9.17) is 9.84 Å². The smallest absolute Gasteiger partial charge is 0.333 e. The second kappa shape index (κ2) is 11.6. The minimum absolute atomic E-state index is 0.0591. The van der Waals surface area contributed by atoms with E-state index in [2.05, 4.69) is 25.4 Å². The highest BCUT2D eigenvalue weighted by atomic mass is 19.3. The molecule has 0 saturated carbocycles. The van der Waals surface area contributed by atoms with Crippen molar-refractivity contribution >= 4 is 17.5 Å². The molecule has 1 unspecified atom stereocenters. The Bertz CT molecular complexity index is 1360. The van der Waals surface area contributed by atoms with Crippen molar-refractivity contribution in [3.8, 4) is 23.2 Å². The summed E-state index contributed by atoms with van der Waals surface area (Å²) in [6.45, 7) is -3.01. The van der Waals surface area contributed by atoms with Crippen LogP contribution in [0.15, 0.2) is 49.3 Å². The van der Waals surface area contributed by atoms with Crippen molar-refractivity contribution in [2.45, 2.75) is 31.3 Å². The quantitative estimate of drug-likeness (QED) is 0.369. The van der Waals surface area contributed by atoms with Gasteiger partial charge in [-0.25, -0.2) is 19.0 Å². The number of nitrogens with zero attached hydrogens (tertiary/aromatic N) is 7. The summed E-state index contributed by atoms with van der Waals surface area (Å²) in [6, 6.07) is 6.47. The zero-order valence-corrected chi connectivity index (χ0v) is 19.5. The van der Waals surface area contributed by atoms with Crippen LogP contribution in [-0.2, 0) is 4.79 Å². The number of aliphatic hydroxyl groups excluding tert-OH is 2. The lowest BCUT2D eigenvalue weighted by Crippen LogP contribution is -2.51. The summed E-state index contributed by atoms with van der Waals surface area (Å²) in [5.41, 5.74) is 0.743. The fraction of sp³-hybridized carbons (Fsp3) is 0.304. The Labute approximate surface area is 213 Å². The number of nitriles is 1. The Morgan fingerprint density at radius 2 is 2.16 bits per heavy atom. The van der Waals surface area contributed by atoms with Gasteiger partial charge in [0.15, 0.2) is 18.1 Å². The number of amides is 1. The molecule has 3 N–H and O–H groups in total. The van der Waals surface area contributed by atoms with Gasteiger partial charge in [-0.1, -0.05) is 0 Å². The highest BCUT2D eigenvalue weighted by Crippen LogP contribution is 2.28. The molecule has 3 heterocycles. The number of piperidine rings is 1. The fourth-order valence-corrected chi connectivity index (χ4v) is 3.72. The number of nitrogens with one attached hydrogen (secondary N) is 1. The lowest BCUT2D eigenvalue weighted by atomic mass is 10.0. The van der Waals surface area contributed by atoms with Crippen molar-refractivity contribution in [2.75, 3.05) is 18.4 Å². The van der Waals surface area contributed by atoms with Crippen LogP contribution >= 0.6 is 0 Å². The average Bonchev–Trinajstić information content (AvgIpc) is 3.38. The van der Waals surface area contributed by atoms with Crippen LogP contribution in [0.5, 0.6) is 5.75 Å². The monoisotopic (exact) mass is 530 g/mol. The standard InChI is InChI=1S/C23H21F3N8O4/c24-16-11-33(21(37)17(36)4-6-35)5-3-19(16)38-18-2-1-13(7-14(18)8-27)20-28-12-29-23(32-20)31-15-9-30-34(10-15)22(25)26/h1-2,4,6-7,9-10,12,16-17,19,22,35-36H,3,5,11H2,(H,28,29,31,32)/b6-4+/t16-,17?,19+/m1/s1. The van der Waals surface area contributed by atoms with Gasteiger partial charge in [0.1, 0.15) is 24.3 Å².